The van der Waals surface area contributed by atoms with Gasteiger partial charge in [-0.2, -0.15) is 13.5 Å². The van der Waals surface area contributed by atoms with E-state index < -0.39 is 10.0 Å². The van der Waals surface area contributed by atoms with E-state index in [4.69, 9.17) is 0 Å². The third kappa shape index (κ3) is 3.48. The summed E-state index contributed by atoms with van der Waals surface area (Å²) in [5, 5.41) is 4.48. The van der Waals surface area contributed by atoms with E-state index in [1.165, 1.54) is 32.1 Å². The molecule has 2 fully saturated rings. The lowest BCUT2D eigenvalue weighted by molar-refractivity contribution is 0.123. The maximum Gasteiger partial charge on any atom is 0.276 e. The molecule has 0 bridgehead atoms. The van der Waals surface area contributed by atoms with Crippen LogP contribution in [0.25, 0.3) is 0 Å². The summed E-state index contributed by atoms with van der Waals surface area (Å²) in [6.45, 7) is 6.62. The van der Waals surface area contributed by atoms with Crippen molar-refractivity contribution >= 4 is 15.7 Å². The summed E-state index contributed by atoms with van der Waals surface area (Å²) in [5.41, 5.74) is 2.32. The standard InChI is InChI=1S/C20H30N2O2S/c1-16-9-11-17(12-10-16)25(23,24)22-21-18-8-4-5-15-20(18,3)19(2)13-6-7-14-19/h9-12,22H,4-8,13-15H2,1-3H3/b21-18-/t20-/m1/s1. The van der Waals surface area contributed by atoms with Crippen LogP contribution in [0.5, 0.6) is 0 Å². The zero-order chi connectivity index (χ0) is 18.1. The van der Waals surface area contributed by atoms with Crippen molar-refractivity contribution in [1.29, 1.82) is 0 Å². The molecule has 0 unspecified atom stereocenters. The minimum Gasteiger partial charge on any atom is -0.200 e. The van der Waals surface area contributed by atoms with Crippen molar-refractivity contribution in [3.05, 3.63) is 29.8 Å². The van der Waals surface area contributed by atoms with Crippen LogP contribution in [0, 0.1) is 17.8 Å². The molecule has 1 N–H and O–H groups in total. The lowest BCUT2D eigenvalue weighted by Gasteiger charge is -2.47. The molecule has 2 aliphatic rings. The molecule has 5 heteroatoms. The lowest BCUT2D eigenvalue weighted by atomic mass is 9.57. The van der Waals surface area contributed by atoms with E-state index in [0.717, 1.165) is 30.5 Å². The molecule has 0 saturated heterocycles. The van der Waals surface area contributed by atoms with Crippen molar-refractivity contribution in [2.45, 2.75) is 77.0 Å². The van der Waals surface area contributed by atoms with Crippen molar-refractivity contribution in [2.75, 3.05) is 0 Å². The van der Waals surface area contributed by atoms with E-state index in [1.54, 1.807) is 12.1 Å². The van der Waals surface area contributed by atoms with Gasteiger partial charge in [0.2, 0.25) is 0 Å². The van der Waals surface area contributed by atoms with Crippen LogP contribution in [0.2, 0.25) is 0 Å². The van der Waals surface area contributed by atoms with E-state index in [2.05, 4.69) is 23.8 Å². The fourth-order valence-corrected chi connectivity index (χ4v) is 5.44. The van der Waals surface area contributed by atoms with Crippen LogP contribution < -0.4 is 4.83 Å². The Kier molecular flexibility index (Phi) is 4.97. The molecule has 0 amide bonds. The number of hydrogen-bond acceptors (Lipinski definition) is 3. The molecule has 1 atom stereocenters. The largest absolute Gasteiger partial charge is 0.276 e. The zero-order valence-electron chi connectivity index (χ0n) is 15.6. The van der Waals surface area contributed by atoms with Gasteiger partial charge in [-0.1, -0.05) is 50.8 Å². The summed E-state index contributed by atoms with van der Waals surface area (Å²) in [7, 11) is -3.61. The van der Waals surface area contributed by atoms with E-state index in [1.807, 2.05) is 19.1 Å². The van der Waals surface area contributed by atoms with Crippen LogP contribution in [-0.4, -0.2) is 14.1 Å². The number of hydrogen-bond donors (Lipinski definition) is 1. The van der Waals surface area contributed by atoms with Gasteiger partial charge in [-0.15, -0.1) is 0 Å². The average molecular weight is 363 g/mol. The summed E-state index contributed by atoms with van der Waals surface area (Å²) >= 11 is 0. The fourth-order valence-electron chi connectivity index (χ4n) is 4.61. The van der Waals surface area contributed by atoms with Gasteiger partial charge in [-0.25, -0.2) is 4.83 Å². The van der Waals surface area contributed by atoms with Gasteiger partial charge in [0.15, 0.2) is 0 Å². The second-order valence-electron chi connectivity index (χ2n) is 8.27. The highest BCUT2D eigenvalue weighted by Crippen LogP contribution is 2.56. The third-order valence-electron chi connectivity index (χ3n) is 6.65. The molecular weight excluding hydrogens is 332 g/mol. The van der Waals surface area contributed by atoms with Crippen LogP contribution >= 0.6 is 0 Å². The molecule has 0 spiro atoms. The van der Waals surface area contributed by atoms with E-state index in [-0.39, 0.29) is 15.7 Å². The molecule has 25 heavy (non-hydrogen) atoms. The van der Waals surface area contributed by atoms with Gasteiger partial charge in [-0.3, -0.25) is 0 Å². The number of benzene rings is 1. The average Bonchev–Trinajstić information content (AvgIpc) is 3.03. The first-order valence-electron chi connectivity index (χ1n) is 9.42. The van der Waals surface area contributed by atoms with Crippen LogP contribution in [0.4, 0.5) is 0 Å². The summed E-state index contributed by atoms with van der Waals surface area (Å²) in [6.07, 6.45) is 9.27. The number of rotatable bonds is 4. The molecule has 0 radical (unpaired) electrons. The molecule has 2 aliphatic carbocycles. The zero-order valence-corrected chi connectivity index (χ0v) is 16.5. The number of hydrazone groups is 1. The van der Waals surface area contributed by atoms with Gasteiger partial charge in [-0.05, 0) is 56.6 Å². The van der Waals surface area contributed by atoms with Crippen LogP contribution in [-0.2, 0) is 10.0 Å². The molecule has 1 aromatic rings. The summed E-state index contributed by atoms with van der Waals surface area (Å²) < 4.78 is 25.2. The molecule has 0 aliphatic heterocycles. The number of nitrogens with zero attached hydrogens (tertiary/aromatic N) is 1. The van der Waals surface area contributed by atoms with Crippen LogP contribution in [0.1, 0.15) is 70.8 Å². The predicted octanol–water partition coefficient (Wildman–Crippen LogP) is 4.79. The van der Waals surface area contributed by atoms with Gasteiger partial charge in [0.1, 0.15) is 0 Å². The normalized spacial score (nSPS) is 28.2. The highest BCUT2D eigenvalue weighted by Gasteiger charge is 2.49. The lowest BCUT2D eigenvalue weighted by Crippen LogP contribution is -2.45. The number of sulfonamides is 1. The Labute approximate surface area is 152 Å². The summed E-state index contributed by atoms with van der Waals surface area (Å²) in [4.78, 5) is 2.79. The second kappa shape index (κ2) is 6.75. The number of nitrogens with one attached hydrogen (secondary N) is 1. The quantitative estimate of drug-likeness (QED) is 0.783. The third-order valence-corrected chi connectivity index (χ3v) is 7.87. The smallest absolute Gasteiger partial charge is 0.200 e. The highest BCUT2D eigenvalue weighted by molar-refractivity contribution is 7.89. The van der Waals surface area contributed by atoms with E-state index in [0.29, 0.717) is 0 Å². The van der Waals surface area contributed by atoms with Crippen molar-refractivity contribution in [3.8, 4) is 0 Å². The minimum atomic E-state index is -3.61. The molecule has 4 nitrogen and oxygen atoms in total. The molecule has 2 saturated carbocycles. The fraction of sp³-hybridized carbons (Fsp3) is 0.650. The predicted molar refractivity (Wildman–Crippen MR) is 102 cm³/mol. The van der Waals surface area contributed by atoms with E-state index in [9.17, 15) is 8.42 Å². The monoisotopic (exact) mass is 362 g/mol. The molecule has 0 heterocycles. The SMILES string of the molecule is Cc1ccc(S(=O)(=O)N/N=C2/CCCC[C@@]2(C)C2(C)CCCC2)cc1. The Morgan fingerprint density at radius 1 is 0.960 bits per heavy atom. The maximum atomic E-state index is 12.6. The van der Waals surface area contributed by atoms with Gasteiger partial charge < -0.3 is 0 Å². The molecule has 1 aromatic carbocycles. The highest BCUT2D eigenvalue weighted by atomic mass is 32.2. The first-order chi connectivity index (χ1) is 11.8. The minimum absolute atomic E-state index is 0.00243. The van der Waals surface area contributed by atoms with Crippen LogP contribution in [0.3, 0.4) is 0 Å². The van der Waals surface area contributed by atoms with Crippen molar-refractivity contribution < 1.29 is 8.42 Å². The molecular formula is C20H30N2O2S. The van der Waals surface area contributed by atoms with Crippen LogP contribution in [0.15, 0.2) is 34.3 Å². The Balaban J connectivity index is 1.86. The van der Waals surface area contributed by atoms with Gasteiger partial charge in [0.25, 0.3) is 10.0 Å². The summed E-state index contributed by atoms with van der Waals surface area (Å²) in [6, 6.07) is 6.89. The van der Waals surface area contributed by atoms with Crippen molar-refractivity contribution in [1.82, 2.24) is 4.83 Å². The maximum absolute atomic E-state index is 12.6. The molecule has 3 rings (SSSR count). The second-order valence-corrected chi connectivity index (χ2v) is 9.93. The first-order valence-corrected chi connectivity index (χ1v) is 10.9. The Bertz CT molecular complexity index is 746. The molecule has 138 valence electrons. The van der Waals surface area contributed by atoms with Gasteiger partial charge >= 0.3 is 0 Å². The first kappa shape index (κ1) is 18.4. The Morgan fingerprint density at radius 3 is 2.20 bits per heavy atom. The topological polar surface area (TPSA) is 58.5 Å². The van der Waals surface area contributed by atoms with Gasteiger partial charge in [0, 0.05) is 11.1 Å². The Hall–Kier alpha value is -1.36. The van der Waals surface area contributed by atoms with E-state index >= 15 is 0 Å². The number of aryl methyl sites for hydroxylation is 1. The van der Waals surface area contributed by atoms with Gasteiger partial charge in [0.05, 0.1) is 4.90 Å². The Morgan fingerprint density at radius 2 is 1.56 bits per heavy atom. The molecule has 0 aromatic heterocycles. The summed E-state index contributed by atoms with van der Waals surface area (Å²) in [5.74, 6) is 0. The van der Waals surface area contributed by atoms with Crippen molar-refractivity contribution in [3.63, 3.8) is 0 Å². The van der Waals surface area contributed by atoms with Crippen molar-refractivity contribution in [2.24, 2.45) is 15.9 Å².